The van der Waals surface area contributed by atoms with Crippen molar-refractivity contribution in [2.24, 2.45) is 22.2 Å². The summed E-state index contributed by atoms with van der Waals surface area (Å²) in [4.78, 5) is 0. The lowest BCUT2D eigenvalue weighted by Crippen LogP contribution is -2.58. The van der Waals surface area contributed by atoms with Gasteiger partial charge in [-0.3, -0.25) is 0 Å². The minimum absolute atomic E-state index is 0.0561. The molecule has 0 aromatic heterocycles. The molecule has 3 heteroatoms. The second-order valence-electron chi connectivity index (χ2n) is 12.0. The molecule has 0 radical (unpaired) electrons. The smallest absolute Gasteiger partial charge is 0.0716 e. The third-order valence-electron chi connectivity index (χ3n) is 7.20. The van der Waals surface area contributed by atoms with Crippen molar-refractivity contribution in [1.29, 1.82) is 0 Å². The van der Waals surface area contributed by atoms with E-state index in [9.17, 15) is 10.2 Å². The van der Waals surface area contributed by atoms with E-state index in [1.165, 1.54) is 0 Å². The van der Waals surface area contributed by atoms with Crippen molar-refractivity contribution in [2.75, 3.05) is 6.61 Å². The first kappa shape index (κ1) is 22.2. The second-order valence-corrected chi connectivity index (χ2v) is 12.0. The first-order valence-electron chi connectivity index (χ1n) is 10.7. The van der Waals surface area contributed by atoms with Gasteiger partial charge in [-0.25, -0.2) is 0 Å². The van der Waals surface area contributed by atoms with Crippen LogP contribution < -0.4 is 0 Å². The monoisotopic (exact) mass is 368 g/mol. The number of hydrogen-bond acceptors (Lipinski definition) is 3. The number of rotatable bonds is 5. The van der Waals surface area contributed by atoms with Gasteiger partial charge in [0.1, 0.15) is 0 Å². The van der Waals surface area contributed by atoms with Crippen molar-refractivity contribution in [3.63, 3.8) is 0 Å². The van der Waals surface area contributed by atoms with Gasteiger partial charge in [-0.1, -0.05) is 48.5 Å². The molecule has 0 aromatic carbocycles. The molecule has 0 aromatic rings. The lowest BCUT2D eigenvalue weighted by Gasteiger charge is -2.57. The quantitative estimate of drug-likeness (QED) is 0.690. The molecule has 0 amide bonds. The second kappa shape index (κ2) is 7.04. The van der Waals surface area contributed by atoms with Crippen molar-refractivity contribution in [1.82, 2.24) is 0 Å². The summed E-state index contributed by atoms with van der Waals surface area (Å²) in [5.41, 5.74) is -1.05. The Morgan fingerprint density at radius 3 is 2.19 bits per heavy atom. The van der Waals surface area contributed by atoms with Crippen molar-refractivity contribution >= 4 is 0 Å². The molecule has 2 aliphatic rings. The van der Waals surface area contributed by atoms with Crippen LogP contribution in [0.15, 0.2) is 0 Å². The minimum atomic E-state index is -0.552. The van der Waals surface area contributed by atoms with E-state index in [1.54, 1.807) is 0 Å². The minimum Gasteiger partial charge on any atom is -0.396 e. The van der Waals surface area contributed by atoms with Gasteiger partial charge in [0.2, 0.25) is 0 Å². The Morgan fingerprint density at radius 1 is 1.08 bits per heavy atom. The summed E-state index contributed by atoms with van der Waals surface area (Å²) in [5.74, 6) is 0.488. The molecule has 5 unspecified atom stereocenters. The topological polar surface area (TPSA) is 49.7 Å². The fraction of sp³-hybridized carbons (Fsp3) is 1.00. The Balaban J connectivity index is 2.32. The molecular weight excluding hydrogens is 324 g/mol. The number of aliphatic hydroxyl groups excluding tert-OH is 1. The van der Waals surface area contributed by atoms with E-state index >= 15 is 0 Å². The van der Waals surface area contributed by atoms with Crippen LogP contribution in [0.25, 0.3) is 0 Å². The molecular formula is C23H44O3. The molecule has 3 nitrogen and oxygen atoms in total. The highest BCUT2D eigenvalue weighted by molar-refractivity contribution is 5.05. The van der Waals surface area contributed by atoms with E-state index < -0.39 is 5.60 Å². The zero-order chi connectivity index (χ0) is 20.0. The maximum Gasteiger partial charge on any atom is 0.0716 e. The summed E-state index contributed by atoms with van der Waals surface area (Å²) in [6.45, 7) is 18.0. The van der Waals surface area contributed by atoms with E-state index in [1.807, 2.05) is 0 Å². The van der Waals surface area contributed by atoms with Crippen molar-refractivity contribution < 1.29 is 14.9 Å². The molecule has 2 fully saturated rings. The molecule has 0 heterocycles. The Kier molecular flexibility index (Phi) is 6.01. The van der Waals surface area contributed by atoms with Crippen LogP contribution in [-0.2, 0) is 4.74 Å². The standard InChI is InChI=1S/C23H44O3/c1-17-12-21(25)10-9-11-22(13-17,15-21)26-18(2)23(16-24,20(6,7)8)14-19(3,4)5/h17-18,24-25H,9-16H2,1-8H3. The zero-order valence-electron chi connectivity index (χ0n) is 18.6. The molecule has 0 saturated heterocycles. The van der Waals surface area contributed by atoms with Crippen LogP contribution in [0.1, 0.15) is 100 Å². The lowest BCUT2D eigenvalue weighted by molar-refractivity contribution is -0.235. The molecule has 154 valence electrons. The van der Waals surface area contributed by atoms with Gasteiger partial charge in [0.15, 0.2) is 0 Å². The Labute approximate surface area is 161 Å². The van der Waals surface area contributed by atoms with Gasteiger partial charge < -0.3 is 14.9 Å². The van der Waals surface area contributed by atoms with Crippen LogP contribution in [0.4, 0.5) is 0 Å². The van der Waals surface area contributed by atoms with E-state index in [0.717, 1.165) is 44.9 Å². The zero-order valence-corrected chi connectivity index (χ0v) is 18.6. The SMILES string of the molecule is CC1CC2(O)CCCC(OC(C)C(CO)(CC(C)(C)C)C(C)(C)C)(C1)C2. The Bertz CT molecular complexity index is 489. The fourth-order valence-corrected chi connectivity index (χ4v) is 6.24. The van der Waals surface area contributed by atoms with E-state index in [-0.39, 0.29) is 34.6 Å². The molecule has 2 rings (SSSR count). The fourth-order valence-electron chi connectivity index (χ4n) is 6.24. The Hall–Kier alpha value is -0.120. The first-order valence-corrected chi connectivity index (χ1v) is 10.7. The summed E-state index contributed by atoms with van der Waals surface area (Å²) in [7, 11) is 0. The summed E-state index contributed by atoms with van der Waals surface area (Å²) >= 11 is 0. The van der Waals surface area contributed by atoms with Gasteiger partial charge >= 0.3 is 0 Å². The van der Waals surface area contributed by atoms with Crippen molar-refractivity contribution in [2.45, 2.75) is 118 Å². The van der Waals surface area contributed by atoms with E-state index in [4.69, 9.17) is 4.74 Å². The summed E-state index contributed by atoms with van der Waals surface area (Å²) < 4.78 is 6.89. The molecule has 26 heavy (non-hydrogen) atoms. The van der Waals surface area contributed by atoms with Crippen molar-refractivity contribution in [3.8, 4) is 0 Å². The van der Waals surface area contributed by atoms with Crippen LogP contribution in [0.5, 0.6) is 0 Å². The highest BCUT2D eigenvalue weighted by Gasteiger charge is 2.55. The molecule has 2 bridgehead atoms. The van der Waals surface area contributed by atoms with Crippen LogP contribution >= 0.6 is 0 Å². The predicted octanol–water partition coefficient (Wildman–Crippen LogP) is 5.33. The van der Waals surface area contributed by atoms with Gasteiger partial charge in [-0.05, 0) is 62.2 Å². The Morgan fingerprint density at radius 2 is 1.69 bits per heavy atom. The summed E-state index contributed by atoms with van der Waals surface area (Å²) in [6, 6.07) is 0. The summed E-state index contributed by atoms with van der Waals surface area (Å²) in [6.07, 6.45) is 6.53. The summed E-state index contributed by atoms with van der Waals surface area (Å²) in [5, 5.41) is 21.6. The van der Waals surface area contributed by atoms with Gasteiger partial charge in [0.25, 0.3) is 0 Å². The average molecular weight is 369 g/mol. The van der Waals surface area contributed by atoms with E-state index in [0.29, 0.717) is 5.92 Å². The van der Waals surface area contributed by atoms with Crippen LogP contribution in [0.3, 0.4) is 0 Å². The predicted molar refractivity (Wildman–Crippen MR) is 108 cm³/mol. The van der Waals surface area contributed by atoms with Crippen LogP contribution in [-0.4, -0.2) is 34.1 Å². The third-order valence-corrected chi connectivity index (χ3v) is 7.20. The number of hydrogen-bond donors (Lipinski definition) is 2. The molecule has 2 saturated carbocycles. The number of aliphatic hydroxyl groups is 2. The number of fused-ring (bicyclic) bond motifs is 2. The van der Waals surface area contributed by atoms with Gasteiger partial charge in [0.05, 0.1) is 23.9 Å². The van der Waals surface area contributed by atoms with Crippen LogP contribution in [0, 0.1) is 22.2 Å². The molecule has 2 N–H and O–H groups in total. The maximum atomic E-state index is 11.0. The number of ether oxygens (including phenoxy) is 1. The molecule has 5 atom stereocenters. The first-order chi connectivity index (χ1) is 11.7. The van der Waals surface area contributed by atoms with Gasteiger partial charge in [-0.2, -0.15) is 0 Å². The third kappa shape index (κ3) is 4.47. The highest BCUT2D eigenvalue weighted by Crippen LogP contribution is 2.54. The van der Waals surface area contributed by atoms with Gasteiger partial charge in [-0.15, -0.1) is 0 Å². The average Bonchev–Trinajstić information content (AvgIpc) is 2.39. The normalized spacial score (nSPS) is 36.5. The highest BCUT2D eigenvalue weighted by atomic mass is 16.5. The van der Waals surface area contributed by atoms with Crippen LogP contribution in [0.2, 0.25) is 0 Å². The maximum absolute atomic E-state index is 11.0. The van der Waals surface area contributed by atoms with Gasteiger partial charge in [0, 0.05) is 11.8 Å². The molecule has 0 aliphatic heterocycles. The molecule has 2 aliphatic carbocycles. The van der Waals surface area contributed by atoms with E-state index in [2.05, 4.69) is 55.4 Å². The lowest BCUT2D eigenvalue weighted by atomic mass is 9.57. The van der Waals surface area contributed by atoms with Crippen molar-refractivity contribution in [3.05, 3.63) is 0 Å². The largest absolute Gasteiger partial charge is 0.396 e. The molecule has 0 spiro atoms.